The van der Waals surface area contributed by atoms with Crippen LogP contribution in [0.25, 0.3) is 0 Å². The molecule has 0 amide bonds. The Kier molecular flexibility index (Phi) is 4.12. The lowest BCUT2D eigenvalue weighted by atomic mass is 10.0. The summed E-state index contributed by atoms with van der Waals surface area (Å²) in [6.45, 7) is 0.440. The Morgan fingerprint density at radius 1 is 1.35 bits per heavy atom. The first kappa shape index (κ1) is 12.9. The van der Waals surface area contributed by atoms with E-state index in [1.165, 1.54) is 10.5 Å². The Morgan fingerprint density at radius 2 is 2.12 bits per heavy atom. The minimum Gasteiger partial charge on any atom is -0.330 e. The molecule has 2 N–H and O–H groups in total. The standard InChI is InChI=1S/C12H17NO2S2/c13-6-3-7-17(14,15)9-10-8-16-12-5-2-1-4-11(10)12/h1-2,4-5,10H,3,6-9,13H2. The molecule has 0 aromatic heterocycles. The van der Waals surface area contributed by atoms with E-state index in [0.717, 1.165) is 5.75 Å². The van der Waals surface area contributed by atoms with E-state index < -0.39 is 9.84 Å². The van der Waals surface area contributed by atoms with Crippen molar-refractivity contribution in [3.8, 4) is 0 Å². The first-order valence-corrected chi connectivity index (χ1v) is 8.55. The number of thioether (sulfide) groups is 1. The van der Waals surface area contributed by atoms with Crippen molar-refractivity contribution in [2.75, 3.05) is 23.8 Å². The maximum Gasteiger partial charge on any atom is 0.150 e. The fraction of sp³-hybridized carbons (Fsp3) is 0.500. The van der Waals surface area contributed by atoms with Crippen molar-refractivity contribution >= 4 is 21.6 Å². The molecule has 1 aromatic rings. The number of nitrogens with two attached hydrogens (primary N) is 1. The summed E-state index contributed by atoms with van der Waals surface area (Å²) in [7, 11) is -2.96. The van der Waals surface area contributed by atoms with Crippen molar-refractivity contribution in [2.24, 2.45) is 5.73 Å². The molecule has 94 valence electrons. The highest BCUT2D eigenvalue weighted by Crippen LogP contribution is 2.39. The van der Waals surface area contributed by atoms with Crippen molar-refractivity contribution in [3.63, 3.8) is 0 Å². The minimum absolute atomic E-state index is 0.152. The Hall–Kier alpha value is -0.520. The third kappa shape index (κ3) is 3.24. The number of hydrogen-bond donors (Lipinski definition) is 1. The van der Waals surface area contributed by atoms with Gasteiger partial charge in [0.1, 0.15) is 0 Å². The quantitative estimate of drug-likeness (QED) is 0.884. The molecule has 1 unspecified atom stereocenters. The van der Waals surface area contributed by atoms with E-state index in [2.05, 4.69) is 6.07 Å². The Labute approximate surface area is 107 Å². The molecule has 1 atom stereocenters. The summed E-state index contributed by atoms with van der Waals surface area (Å²) in [5.41, 5.74) is 6.54. The predicted molar refractivity (Wildman–Crippen MR) is 72.2 cm³/mol. The number of hydrogen-bond acceptors (Lipinski definition) is 4. The van der Waals surface area contributed by atoms with Crippen LogP contribution in [-0.2, 0) is 9.84 Å². The molecule has 17 heavy (non-hydrogen) atoms. The van der Waals surface area contributed by atoms with Gasteiger partial charge in [-0.25, -0.2) is 8.42 Å². The van der Waals surface area contributed by atoms with Gasteiger partial charge in [0.25, 0.3) is 0 Å². The van der Waals surface area contributed by atoms with Crippen LogP contribution in [0.2, 0.25) is 0 Å². The second kappa shape index (κ2) is 5.42. The Bertz CT molecular complexity index is 485. The number of benzene rings is 1. The molecule has 0 radical (unpaired) electrons. The molecule has 0 bridgehead atoms. The third-order valence-electron chi connectivity index (χ3n) is 2.91. The Morgan fingerprint density at radius 3 is 2.88 bits per heavy atom. The van der Waals surface area contributed by atoms with Gasteiger partial charge in [-0.15, -0.1) is 11.8 Å². The molecule has 0 spiro atoms. The predicted octanol–water partition coefficient (Wildman–Crippen LogP) is 1.64. The summed E-state index contributed by atoms with van der Waals surface area (Å²) in [6.07, 6.45) is 0.559. The lowest BCUT2D eigenvalue weighted by Gasteiger charge is -2.11. The van der Waals surface area contributed by atoms with Gasteiger partial charge in [-0.1, -0.05) is 18.2 Å². The third-order valence-corrected chi connectivity index (χ3v) is 5.99. The molecule has 1 heterocycles. The average Bonchev–Trinajstić information content (AvgIpc) is 2.70. The second-order valence-corrected chi connectivity index (χ2v) is 7.59. The Balaban J connectivity index is 2.07. The number of sulfone groups is 1. The highest BCUT2D eigenvalue weighted by atomic mass is 32.2. The van der Waals surface area contributed by atoms with E-state index in [1.54, 1.807) is 11.8 Å². The molecule has 2 rings (SSSR count). The molecule has 0 aliphatic carbocycles. The van der Waals surface area contributed by atoms with Crippen molar-refractivity contribution < 1.29 is 8.42 Å². The van der Waals surface area contributed by atoms with Gasteiger partial charge in [-0.05, 0) is 24.6 Å². The second-order valence-electron chi connectivity index (χ2n) is 4.30. The first-order valence-electron chi connectivity index (χ1n) is 5.74. The maximum absolute atomic E-state index is 11.9. The zero-order chi connectivity index (χ0) is 12.3. The normalized spacial score (nSPS) is 19.2. The van der Waals surface area contributed by atoms with Crippen LogP contribution in [0.1, 0.15) is 17.9 Å². The molecular weight excluding hydrogens is 254 g/mol. The van der Waals surface area contributed by atoms with Crippen LogP contribution in [-0.4, -0.2) is 32.2 Å². The SMILES string of the molecule is NCCCS(=O)(=O)CC1CSc2ccccc21. The molecule has 0 fully saturated rings. The first-order chi connectivity index (χ1) is 8.12. The van der Waals surface area contributed by atoms with E-state index >= 15 is 0 Å². The van der Waals surface area contributed by atoms with E-state index in [4.69, 9.17) is 5.73 Å². The van der Waals surface area contributed by atoms with Gasteiger partial charge in [0.05, 0.1) is 11.5 Å². The molecule has 1 aliphatic heterocycles. The lowest BCUT2D eigenvalue weighted by Crippen LogP contribution is -2.19. The monoisotopic (exact) mass is 271 g/mol. The van der Waals surface area contributed by atoms with E-state index in [9.17, 15) is 8.42 Å². The van der Waals surface area contributed by atoms with E-state index in [1.807, 2.05) is 18.2 Å². The average molecular weight is 271 g/mol. The van der Waals surface area contributed by atoms with Gasteiger partial charge in [-0.3, -0.25) is 0 Å². The van der Waals surface area contributed by atoms with Crippen molar-refractivity contribution in [3.05, 3.63) is 29.8 Å². The summed E-state index contributed by atoms with van der Waals surface area (Å²) in [6, 6.07) is 8.08. The van der Waals surface area contributed by atoms with Gasteiger partial charge >= 0.3 is 0 Å². The van der Waals surface area contributed by atoms with Gasteiger partial charge in [-0.2, -0.15) is 0 Å². The summed E-state index contributed by atoms with van der Waals surface area (Å²) in [5.74, 6) is 1.50. The van der Waals surface area contributed by atoms with Crippen LogP contribution < -0.4 is 5.73 Å². The zero-order valence-corrected chi connectivity index (χ0v) is 11.3. The molecule has 1 aromatic carbocycles. The van der Waals surface area contributed by atoms with Crippen molar-refractivity contribution in [1.82, 2.24) is 0 Å². The van der Waals surface area contributed by atoms with E-state index in [0.29, 0.717) is 13.0 Å². The van der Waals surface area contributed by atoms with Crippen molar-refractivity contribution in [2.45, 2.75) is 17.2 Å². The smallest absolute Gasteiger partial charge is 0.150 e. The minimum atomic E-state index is -2.96. The number of fused-ring (bicyclic) bond motifs is 1. The number of rotatable bonds is 5. The summed E-state index contributed by atoms with van der Waals surface area (Å²) >= 11 is 1.75. The van der Waals surface area contributed by atoms with Crippen LogP contribution in [0, 0.1) is 0 Å². The largest absolute Gasteiger partial charge is 0.330 e. The highest BCUT2D eigenvalue weighted by Gasteiger charge is 2.27. The van der Waals surface area contributed by atoms with Crippen LogP contribution in [0.15, 0.2) is 29.2 Å². The van der Waals surface area contributed by atoms with Crippen LogP contribution >= 0.6 is 11.8 Å². The fourth-order valence-electron chi connectivity index (χ4n) is 2.06. The topological polar surface area (TPSA) is 60.2 Å². The zero-order valence-electron chi connectivity index (χ0n) is 9.63. The van der Waals surface area contributed by atoms with Gasteiger partial charge in [0.15, 0.2) is 9.84 Å². The van der Waals surface area contributed by atoms with Crippen molar-refractivity contribution in [1.29, 1.82) is 0 Å². The van der Waals surface area contributed by atoms with Crippen LogP contribution in [0.5, 0.6) is 0 Å². The molecular formula is C12H17NO2S2. The molecule has 5 heteroatoms. The van der Waals surface area contributed by atoms with Crippen LogP contribution in [0.3, 0.4) is 0 Å². The molecule has 1 aliphatic rings. The highest BCUT2D eigenvalue weighted by molar-refractivity contribution is 7.99. The van der Waals surface area contributed by atoms with Gasteiger partial charge in [0.2, 0.25) is 0 Å². The van der Waals surface area contributed by atoms with Gasteiger partial charge in [0, 0.05) is 16.6 Å². The summed E-state index contributed by atoms with van der Waals surface area (Å²) in [4.78, 5) is 1.23. The molecule has 0 saturated carbocycles. The lowest BCUT2D eigenvalue weighted by molar-refractivity contribution is 0.588. The van der Waals surface area contributed by atoms with Gasteiger partial charge < -0.3 is 5.73 Å². The summed E-state index contributed by atoms with van der Waals surface area (Å²) in [5, 5.41) is 0. The van der Waals surface area contributed by atoms with Crippen LogP contribution in [0.4, 0.5) is 0 Å². The summed E-state index contributed by atoms with van der Waals surface area (Å²) < 4.78 is 23.8. The molecule has 3 nitrogen and oxygen atoms in total. The fourth-order valence-corrected chi connectivity index (χ4v) is 5.15. The van der Waals surface area contributed by atoms with E-state index in [-0.39, 0.29) is 17.4 Å². The maximum atomic E-state index is 11.9. The molecule has 0 saturated heterocycles.